The van der Waals surface area contributed by atoms with E-state index in [0.29, 0.717) is 6.61 Å². The van der Waals surface area contributed by atoms with Crippen LogP contribution in [0.3, 0.4) is 0 Å². The lowest BCUT2D eigenvalue weighted by Gasteiger charge is -2.22. The minimum absolute atomic E-state index is 0. The number of hydrogen-bond donors (Lipinski definition) is 1. The molecule has 0 bridgehead atoms. The summed E-state index contributed by atoms with van der Waals surface area (Å²) in [6.45, 7) is 10.6. The molecule has 0 atom stereocenters. The number of hydrogen-bond acceptors (Lipinski definition) is 3. The lowest BCUT2D eigenvalue weighted by Crippen LogP contribution is -2.29. The van der Waals surface area contributed by atoms with Crippen molar-refractivity contribution in [2.24, 2.45) is 0 Å². The highest BCUT2D eigenvalue weighted by atomic mass is 35.5. The maximum atomic E-state index is 6.06. The third-order valence-corrected chi connectivity index (χ3v) is 5.33. The van der Waals surface area contributed by atoms with Crippen LogP contribution in [0.25, 0.3) is 0 Å². The van der Waals surface area contributed by atoms with E-state index in [4.69, 9.17) is 16.3 Å². The molecule has 0 heterocycles. The normalized spacial score (nSPS) is 10.5. The summed E-state index contributed by atoms with van der Waals surface area (Å²) in [6.07, 6.45) is 6.33. The summed E-state index contributed by atoms with van der Waals surface area (Å²) in [5, 5.41) is 4.34. The first-order valence-corrected chi connectivity index (χ1v) is 11.5. The number of nitrogens with one attached hydrogen (secondary N) is 1. The second kappa shape index (κ2) is 18.6. The summed E-state index contributed by atoms with van der Waals surface area (Å²) in [4.78, 5) is 2.62. The first kappa shape index (κ1) is 30.0. The molecule has 6 heteroatoms. The SMILES string of the molecule is CCCCN(CCCC)CCCNCc1ccccc1OCc1ccc(Cl)cc1.Cl.Cl. The molecule has 31 heavy (non-hydrogen) atoms. The maximum Gasteiger partial charge on any atom is 0.124 e. The van der Waals surface area contributed by atoms with E-state index in [0.717, 1.165) is 29.4 Å². The third-order valence-electron chi connectivity index (χ3n) is 5.08. The molecule has 2 aromatic rings. The van der Waals surface area contributed by atoms with Gasteiger partial charge in [-0.05, 0) is 69.2 Å². The van der Waals surface area contributed by atoms with Crippen LogP contribution in [-0.2, 0) is 13.2 Å². The van der Waals surface area contributed by atoms with Crippen molar-refractivity contribution in [3.05, 3.63) is 64.7 Å². The second-order valence-corrected chi connectivity index (χ2v) is 8.04. The molecule has 0 unspecified atom stereocenters. The van der Waals surface area contributed by atoms with Gasteiger partial charge in [0.1, 0.15) is 12.4 Å². The van der Waals surface area contributed by atoms with Gasteiger partial charge >= 0.3 is 0 Å². The van der Waals surface area contributed by atoms with Gasteiger partial charge in [-0.3, -0.25) is 0 Å². The predicted molar refractivity (Wildman–Crippen MR) is 139 cm³/mol. The standard InChI is InChI=1S/C25H37ClN2O.2ClH/c1-3-5-17-28(18-6-4-2)19-9-16-27-20-23-10-7-8-11-25(23)29-21-22-12-14-24(26)15-13-22;;/h7-8,10-15,27H,3-6,9,16-21H2,1-2H3;2*1H. The fourth-order valence-electron chi connectivity index (χ4n) is 3.28. The maximum absolute atomic E-state index is 6.06. The zero-order chi connectivity index (χ0) is 20.7. The van der Waals surface area contributed by atoms with Gasteiger partial charge in [-0.1, -0.05) is 68.6 Å². The zero-order valence-electron chi connectivity index (χ0n) is 18.9. The van der Waals surface area contributed by atoms with Crippen LogP contribution in [0.4, 0.5) is 0 Å². The van der Waals surface area contributed by atoms with Crippen molar-refractivity contribution in [2.45, 2.75) is 59.1 Å². The molecule has 0 saturated heterocycles. The highest BCUT2D eigenvalue weighted by molar-refractivity contribution is 6.30. The van der Waals surface area contributed by atoms with Gasteiger partial charge in [-0.2, -0.15) is 0 Å². The van der Waals surface area contributed by atoms with Crippen LogP contribution in [0.2, 0.25) is 5.02 Å². The third kappa shape index (κ3) is 12.6. The molecule has 2 aromatic carbocycles. The molecule has 0 amide bonds. The number of ether oxygens (including phenoxy) is 1. The second-order valence-electron chi connectivity index (χ2n) is 7.60. The Hall–Kier alpha value is -0.970. The Kier molecular flexibility index (Phi) is 18.0. The average molecular weight is 490 g/mol. The summed E-state index contributed by atoms with van der Waals surface area (Å²) in [6, 6.07) is 16.1. The van der Waals surface area contributed by atoms with E-state index in [1.165, 1.54) is 57.3 Å². The van der Waals surface area contributed by atoms with E-state index in [1.54, 1.807) is 0 Å². The van der Waals surface area contributed by atoms with Crippen LogP contribution in [0.1, 0.15) is 57.1 Å². The molecule has 0 aliphatic carbocycles. The van der Waals surface area contributed by atoms with E-state index in [1.807, 2.05) is 36.4 Å². The van der Waals surface area contributed by atoms with Gasteiger partial charge in [0.05, 0.1) is 0 Å². The van der Waals surface area contributed by atoms with Gasteiger partial charge in [0.25, 0.3) is 0 Å². The number of rotatable bonds is 15. The van der Waals surface area contributed by atoms with Gasteiger partial charge < -0.3 is 15.0 Å². The van der Waals surface area contributed by atoms with Crippen molar-refractivity contribution < 1.29 is 4.74 Å². The first-order chi connectivity index (χ1) is 14.2. The predicted octanol–water partition coefficient (Wildman–Crippen LogP) is 7.14. The summed E-state index contributed by atoms with van der Waals surface area (Å²) in [7, 11) is 0. The Bertz CT molecular complexity index is 675. The highest BCUT2D eigenvalue weighted by Gasteiger charge is 2.05. The molecule has 0 radical (unpaired) electrons. The minimum Gasteiger partial charge on any atom is -0.489 e. The summed E-state index contributed by atoms with van der Waals surface area (Å²) < 4.78 is 6.06. The molecule has 1 N–H and O–H groups in total. The van der Waals surface area contributed by atoms with Crippen LogP contribution < -0.4 is 10.1 Å². The number of para-hydroxylation sites is 1. The summed E-state index contributed by atoms with van der Waals surface area (Å²) in [5.74, 6) is 0.947. The average Bonchev–Trinajstić information content (AvgIpc) is 2.75. The van der Waals surface area contributed by atoms with Crippen molar-refractivity contribution in [3.8, 4) is 5.75 Å². The van der Waals surface area contributed by atoms with Gasteiger partial charge in [0.15, 0.2) is 0 Å². The van der Waals surface area contributed by atoms with Crippen molar-refractivity contribution >= 4 is 36.4 Å². The highest BCUT2D eigenvalue weighted by Crippen LogP contribution is 2.20. The van der Waals surface area contributed by atoms with Crippen molar-refractivity contribution in [3.63, 3.8) is 0 Å². The van der Waals surface area contributed by atoms with Crippen LogP contribution in [-0.4, -0.2) is 31.1 Å². The Morgan fingerprint density at radius 1 is 0.839 bits per heavy atom. The van der Waals surface area contributed by atoms with Crippen molar-refractivity contribution in [1.29, 1.82) is 0 Å². The van der Waals surface area contributed by atoms with Crippen molar-refractivity contribution in [2.75, 3.05) is 26.2 Å². The van der Waals surface area contributed by atoms with Gasteiger partial charge in [0.2, 0.25) is 0 Å². The van der Waals surface area contributed by atoms with E-state index in [9.17, 15) is 0 Å². The number of halogens is 3. The largest absolute Gasteiger partial charge is 0.489 e. The molecular formula is C25H39Cl3N2O. The minimum atomic E-state index is 0. The molecule has 176 valence electrons. The Morgan fingerprint density at radius 2 is 1.45 bits per heavy atom. The van der Waals surface area contributed by atoms with E-state index in [2.05, 4.69) is 36.2 Å². The molecule has 0 aliphatic rings. The first-order valence-electron chi connectivity index (χ1n) is 11.1. The molecule has 3 nitrogen and oxygen atoms in total. The molecule has 0 aromatic heterocycles. The van der Waals surface area contributed by atoms with Crippen LogP contribution in [0.15, 0.2) is 48.5 Å². The van der Waals surface area contributed by atoms with Gasteiger partial charge in [-0.25, -0.2) is 0 Å². The van der Waals surface area contributed by atoms with Crippen LogP contribution in [0.5, 0.6) is 5.75 Å². The smallest absolute Gasteiger partial charge is 0.124 e. The number of benzene rings is 2. The fourth-order valence-corrected chi connectivity index (χ4v) is 3.41. The van der Waals surface area contributed by atoms with Gasteiger partial charge in [0, 0.05) is 17.1 Å². The molecular weight excluding hydrogens is 451 g/mol. The van der Waals surface area contributed by atoms with Crippen molar-refractivity contribution in [1.82, 2.24) is 10.2 Å². The zero-order valence-corrected chi connectivity index (χ0v) is 21.3. The Morgan fingerprint density at radius 3 is 2.10 bits per heavy atom. The molecule has 2 rings (SSSR count). The molecule has 0 aliphatic heterocycles. The van der Waals surface area contributed by atoms with Crippen LogP contribution in [0, 0.1) is 0 Å². The molecule has 0 fully saturated rings. The number of nitrogens with zero attached hydrogens (tertiary/aromatic N) is 1. The van der Waals surface area contributed by atoms with E-state index < -0.39 is 0 Å². The quantitative estimate of drug-likeness (QED) is 0.269. The molecule has 0 spiro atoms. The lowest BCUT2D eigenvalue weighted by molar-refractivity contribution is 0.260. The van der Waals surface area contributed by atoms with Crippen LogP contribution >= 0.6 is 36.4 Å². The summed E-state index contributed by atoms with van der Waals surface area (Å²) in [5.41, 5.74) is 2.33. The fraction of sp³-hybridized carbons (Fsp3) is 0.520. The van der Waals surface area contributed by atoms with Gasteiger partial charge in [-0.15, -0.1) is 24.8 Å². The molecule has 0 saturated carbocycles. The van der Waals surface area contributed by atoms with E-state index in [-0.39, 0.29) is 24.8 Å². The summed E-state index contributed by atoms with van der Waals surface area (Å²) >= 11 is 5.95. The topological polar surface area (TPSA) is 24.5 Å². The monoisotopic (exact) mass is 488 g/mol. The number of unbranched alkanes of at least 4 members (excludes halogenated alkanes) is 2. The Labute approximate surface area is 206 Å². The Balaban J connectivity index is 0.00000450. The lowest BCUT2D eigenvalue weighted by atomic mass is 10.2. The van der Waals surface area contributed by atoms with E-state index >= 15 is 0 Å².